The molecule has 1 rings (SSSR count). The highest BCUT2D eigenvalue weighted by atomic mass is 19.4. The number of halogens is 3. The van der Waals surface area contributed by atoms with Crippen molar-refractivity contribution in [3.63, 3.8) is 0 Å². The maximum absolute atomic E-state index is 12.5. The number of rotatable bonds is 2. The van der Waals surface area contributed by atoms with Crippen molar-refractivity contribution < 1.29 is 27.8 Å². The molecule has 0 radical (unpaired) electrons. The van der Waals surface area contributed by atoms with Crippen molar-refractivity contribution in [3.8, 4) is 0 Å². The second kappa shape index (κ2) is 4.52. The third-order valence-corrected chi connectivity index (χ3v) is 2.01. The molecule has 6 heteroatoms. The number of alkyl halides is 3. The van der Waals surface area contributed by atoms with Crippen molar-refractivity contribution in [1.29, 1.82) is 0 Å². The van der Waals surface area contributed by atoms with Gasteiger partial charge in [-0.05, 0) is 17.7 Å². The van der Waals surface area contributed by atoms with E-state index in [9.17, 15) is 18.0 Å². The van der Waals surface area contributed by atoms with Crippen LogP contribution in [0, 0.1) is 0 Å². The lowest BCUT2D eigenvalue weighted by atomic mass is 10.0. The summed E-state index contributed by atoms with van der Waals surface area (Å²) in [6.45, 7) is -0.740. The summed E-state index contributed by atoms with van der Waals surface area (Å²) in [7, 11) is 1.08. The number of hydrogen-bond acceptors (Lipinski definition) is 3. The van der Waals surface area contributed by atoms with Gasteiger partial charge >= 0.3 is 12.1 Å². The van der Waals surface area contributed by atoms with Gasteiger partial charge in [-0.15, -0.1) is 0 Å². The summed E-state index contributed by atoms with van der Waals surface area (Å²) in [5.74, 6) is -0.852. The molecule has 0 aliphatic carbocycles. The van der Waals surface area contributed by atoms with E-state index in [1.165, 1.54) is 6.07 Å². The zero-order valence-electron chi connectivity index (χ0n) is 8.34. The topological polar surface area (TPSA) is 46.5 Å². The summed E-state index contributed by atoms with van der Waals surface area (Å²) in [4.78, 5) is 11.0. The summed E-state index contributed by atoms with van der Waals surface area (Å²) in [5.41, 5.74) is -1.51. The molecule has 1 aromatic rings. The third-order valence-electron chi connectivity index (χ3n) is 2.01. The minimum absolute atomic E-state index is 0.202. The number of methoxy groups -OCH3 is 1. The average molecular weight is 234 g/mol. The zero-order chi connectivity index (χ0) is 12.3. The van der Waals surface area contributed by atoms with Gasteiger partial charge in [-0.3, -0.25) is 0 Å². The molecule has 1 aromatic carbocycles. The first-order valence-corrected chi connectivity index (χ1v) is 4.29. The van der Waals surface area contributed by atoms with E-state index in [1.807, 2.05) is 0 Å². The van der Waals surface area contributed by atoms with Gasteiger partial charge in [0.15, 0.2) is 0 Å². The van der Waals surface area contributed by atoms with Crippen molar-refractivity contribution in [3.05, 3.63) is 34.9 Å². The Balaban J connectivity index is 3.27. The van der Waals surface area contributed by atoms with E-state index in [2.05, 4.69) is 4.74 Å². The first-order chi connectivity index (χ1) is 7.40. The first-order valence-electron chi connectivity index (χ1n) is 4.29. The van der Waals surface area contributed by atoms with Gasteiger partial charge in [0, 0.05) is 0 Å². The molecule has 0 aliphatic rings. The van der Waals surface area contributed by atoms with Crippen LogP contribution < -0.4 is 0 Å². The Kier molecular flexibility index (Phi) is 3.54. The lowest BCUT2D eigenvalue weighted by Crippen LogP contribution is -2.12. The lowest BCUT2D eigenvalue weighted by molar-refractivity contribution is -0.138. The summed E-state index contributed by atoms with van der Waals surface area (Å²) in [6, 6.07) is 2.89. The number of carbonyl (C=O) groups is 1. The number of carbonyl (C=O) groups excluding carboxylic acids is 1. The van der Waals surface area contributed by atoms with E-state index < -0.39 is 24.3 Å². The average Bonchev–Trinajstić information content (AvgIpc) is 2.26. The standard InChI is InChI=1S/C10H9F3O3/c1-16-9(15)6-2-3-7(5-14)8(4-6)10(11,12)13/h2-4,14H,5H2,1H3. The largest absolute Gasteiger partial charge is 0.465 e. The van der Waals surface area contributed by atoms with Crippen molar-refractivity contribution in [1.82, 2.24) is 0 Å². The van der Waals surface area contributed by atoms with Crippen molar-refractivity contribution in [2.24, 2.45) is 0 Å². The molecule has 0 amide bonds. The molecular weight excluding hydrogens is 225 g/mol. The fourth-order valence-corrected chi connectivity index (χ4v) is 1.22. The van der Waals surface area contributed by atoms with E-state index in [-0.39, 0.29) is 11.1 Å². The van der Waals surface area contributed by atoms with Crippen LogP contribution in [0.15, 0.2) is 18.2 Å². The van der Waals surface area contributed by atoms with Gasteiger partial charge in [-0.1, -0.05) is 6.07 Å². The van der Waals surface area contributed by atoms with Crippen LogP contribution in [0.1, 0.15) is 21.5 Å². The van der Waals surface area contributed by atoms with Crippen LogP contribution in [0.3, 0.4) is 0 Å². The van der Waals surface area contributed by atoms with Crippen LogP contribution in [0.2, 0.25) is 0 Å². The highest BCUT2D eigenvalue weighted by Crippen LogP contribution is 2.32. The number of aliphatic hydroxyl groups is 1. The summed E-state index contributed by atoms with van der Waals surface area (Å²) in [5, 5.41) is 8.75. The second-order valence-corrected chi connectivity index (χ2v) is 3.02. The summed E-state index contributed by atoms with van der Waals surface area (Å²) in [6.07, 6.45) is -4.61. The van der Waals surface area contributed by atoms with Gasteiger partial charge < -0.3 is 9.84 Å². The maximum Gasteiger partial charge on any atom is 0.416 e. The Morgan fingerprint density at radius 3 is 2.50 bits per heavy atom. The van der Waals surface area contributed by atoms with Crippen LogP contribution in [0.25, 0.3) is 0 Å². The molecule has 0 unspecified atom stereocenters. The number of ether oxygens (including phenoxy) is 1. The lowest BCUT2D eigenvalue weighted by Gasteiger charge is -2.12. The summed E-state index contributed by atoms with van der Waals surface area (Å²) < 4.78 is 41.9. The van der Waals surface area contributed by atoms with E-state index in [1.54, 1.807) is 0 Å². The molecule has 0 saturated carbocycles. The fraction of sp³-hybridized carbons (Fsp3) is 0.300. The van der Waals surface area contributed by atoms with Crippen LogP contribution in [0.5, 0.6) is 0 Å². The summed E-state index contributed by atoms with van der Waals surface area (Å²) >= 11 is 0. The zero-order valence-corrected chi connectivity index (χ0v) is 8.34. The number of hydrogen-bond donors (Lipinski definition) is 1. The van der Waals surface area contributed by atoms with Gasteiger partial charge in [-0.2, -0.15) is 13.2 Å². The quantitative estimate of drug-likeness (QED) is 0.796. The van der Waals surface area contributed by atoms with E-state index in [0.717, 1.165) is 13.2 Å². The normalized spacial score (nSPS) is 11.3. The molecule has 0 aliphatic heterocycles. The SMILES string of the molecule is COC(=O)c1ccc(CO)c(C(F)(F)F)c1. The Morgan fingerprint density at radius 1 is 1.44 bits per heavy atom. The Hall–Kier alpha value is -1.56. The van der Waals surface area contributed by atoms with Gasteiger partial charge in [0.25, 0.3) is 0 Å². The van der Waals surface area contributed by atoms with Crippen LogP contribution in [0.4, 0.5) is 13.2 Å². The van der Waals surface area contributed by atoms with Crippen LogP contribution in [-0.2, 0) is 17.5 Å². The molecule has 0 heterocycles. The number of esters is 1. The molecule has 3 nitrogen and oxygen atoms in total. The predicted molar refractivity (Wildman–Crippen MR) is 48.7 cm³/mol. The molecule has 0 fully saturated rings. The minimum atomic E-state index is -4.61. The molecule has 0 atom stereocenters. The van der Waals surface area contributed by atoms with Crippen LogP contribution >= 0.6 is 0 Å². The van der Waals surface area contributed by atoms with Crippen molar-refractivity contribution >= 4 is 5.97 Å². The van der Waals surface area contributed by atoms with Gasteiger partial charge in [-0.25, -0.2) is 4.79 Å². The minimum Gasteiger partial charge on any atom is -0.465 e. The number of aliphatic hydroxyl groups excluding tert-OH is 1. The first kappa shape index (κ1) is 12.5. The van der Waals surface area contributed by atoms with Crippen molar-refractivity contribution in [2.75, 3.05) is 7.11 Å². The van der Waals surface area contributed by atoms with Gasteiger partial charge in [0.1, 0.15) is 0 Å². The van der Waals surface area contributed by atoms with E-state index in [4.69, 9.17) is 5.11 Å². The monoisotopic (exact) mass is 234 g/mol. The molecular formula is C10H9F3O3. The highest BCUT2D eigenvalue weighted by molar-refractivity contribution is 5.89. The van der Waals surface area contributed by atoms with Gasteiger partial charge in [0.05, 0.1) is 24.8 Å². The Labute approximate surface area is 89.5 Å². The van der Waals surface area contributed by atoms with E-state index >= 15 is 0 Å². The van der Waals surface area contributed by atoms with E-state index in [0.29, 0.717) is 6.07 Å². The van der Waals surface area contributed by atoms with Crippen molar-refractivity contribution in [2.45, 2.75) is 12.8 Å². The second-order valence-electron chi connectivity index (χ2n) is 3.02. The Bertz CT molecular complexity index is 399. The Morgan fingerprint density at radius 2 is 2.06 bits per heavy atom. The third kappa shape index (κ3) is 2.52. The molecule has 88 valence electrons. The van der Waals surface area contributed by atoms with Crippen LogP contribution in [-0.4, -0.2) is 18.2 Å². The highest BCUT2D eigenvalue weighted by Gasteiger charge is 2.33. The predicted octanol–water partition coefficient (Wildman–Crippen LogP) is 1.98. The molecule has 0 bridgehead atoms. The molecule has 1 N–H and O–H groups in total. The molecule has 0 aromatic heterocycles. The number of benzene rings is 1. The molecule has 0 spiro atoms. The fourth-order valence-electron chi connectivity index (χ4n) is 1.22. The molecule has 16 heavy (non-hydrogen) atoms. The smallest absolute Gasteiger partial charge is 0.416 e. The van der Waals surface area contributed by atoms with Gasteiger partial charge in [0.2, 0.25) is 0 Å². The maximum atomic E-state index is 12.5. The molecule has 0 saturated heterocycles.